The van der Waals surface area contributed by atoms with Crippen LogP contribution in [-0.2, 0) is 0 Å². The quantitative estimate of drug-likeness (QED) is 0.686. The Morgan fingerprint density at radius 1 is 0.964 bits per heavy atom. The molecular weight excluding hydrogens is 415 g/mol. The number of nitrogens with zero attached hydrogens (tertiary/aromatic N) is 1. The first-order valence-corrected chi connectivity index (χ1v) is 10.5. The molecule has 4 rings (SSSR count). The van der Waals surface area contributed by atoms with Crippen LogP contribution in [0, 0.1) is 0 Å². The predicted molar refractivity (Wildman–Crippen MR) is 120 cm³/mol. The molecule has 0 amide bonds. The van der Waals surface area contributed by atoms with Crippen LogP contribution in [0.1, 0.15) is 30.7 Å². The molecule has 28 heavy (non-hydrogen) atoms. The minimum absolute atomic E-state index is 0. The summed E-state index contributed by atoms with van der Waals surface area (Å²) < 4.78 is 0. The van der Waals surface area contributed by atoms with Gasteiger partial charge in [-0.25, -0.2) is 0 Å². The number of piperazine rings is 1. The Labute approximate surface area is 183 Å². The minimum Gasteiger partial charge on any atom is -0.389 e. The van der Waals surface area contributed by atoms with Crippen LogP contribution in [0.3, 0.4) is 0 Å². The van der Waals surface area contributed by atoms with Gasteiger partial charge in [0.1, 0.15) is 0 Å². The van der Waals surface area contributed by atoms with Crippen LogP contribution in [0.5, 0.6) is 0 Å². The molecule has 0 radical (unpaired) electrons. The molecule has 3 nitrogen and oxygen atoms in total. The van der Waals surface area contributed by atoms with Crippen LogP contribution >= 0.6 is 35.6 Å². The Morgan fingerprint density at radius 3 is 2.18 bits per heavy atom. The number of benzene rings is 2. The number of halogens is 3. The standard InChI is InChI=1S/C22H26Cl2N2O.ClH/c23-20-7-6-18(14-21(20)24)16-2-4-17(5-3-16)19(22(27)8-1-9-22)15-26-12-10-25-11-13-26;/h2-7,14,19,25,27H,1,8-13,15H2;1H. The molecule has 1 saturated heterocycles. The molecule has 1 heterocycles. The lowest BCUT2D eigenvalue weighted by Gasteiger charge is -2.46. The second kappa shape index (κ2) is 9.34. The van der Waals surface area contributed by atoms with Gasteiger partial charge in [-0.2, -0.15) is 0 Å². The summed E-state index contributed by atoms with van der Waals surface area (Å²) in [6, 6.07) is 14.3. The molecule has 0 aromatic heterocycles. The third-order valence-electron chi connectivity index (χ3n) is 6.08. The van der Waals surface area contributed by atoms with Gasteiger partial charge in [0.25, 0.3) is 0 Å². The van der Waals surface area contributed by atoms with Gasteiger partial charge in [-0.05, 0) is 48.1 Å². The lowest BCUT2D eigenvalue weighted by molar-refractivity contribution is -0.0652. The topological polar surface area (TPSA) is 35.5 Å². The summed E-state index contributed by atoms with van der Waals surface area (Å²) in [4.78, 5) is 2.48. The maximum absolute atomic E-state index is 11.1. The molecule has 1 atom stereocenters. The SMILES string of the molecule is Cl.OC1(C(CN2CCNCC2)c2ccc(-c3ccc(Cl)c(Cl)c3)cc2)CCC1. The number of nitrogens with one attached hydrogen (secondary N) is 1. The third-order valence-corrected chi connectivity index (χ3v) is 6.82. The molecule has 1 saturated carbocycles. The van der Waals surface area contributed by atoms with Crippen molar-refractivity contribution in [2.45, 2.75) is 30.8 Å². The smallest absolute Gasteiger partial charge is 0.0728 e. The van der Waals surface area contributed by atoms with Gasteiger partial charge in [0.15, 0.2) is 0 Å². The van der Waals surface area contributed by atoms with Crippen molar-refractivity contribution in [2.24, 2.45) is 0 Å². The molecule has 1 aliphatic heterocycles. The van der Waals surface area contributed by atoms with E-state index in [1.165, 1.54) is 5.56 Å². The zero-order valence-corrected chi connectivity index (χ0v) is 18.2. The van der Waals surface area contributed by atoms with Crippen molar-refractivity contribution in [3.8, 4) is 11.1 Å². The number of aliphatic hydroxyl groups is 1. The van der Waals surface area contributed by atoms with Crippen molar-refractivity contribution >= 4 is 35.6 Å². The Hall–Kier alpha value is -0.810. The van der Waals surface area contributed by atoms with E-state index in [9.17, 15) is 5.11 Å². The van der Waals surface area contributed by atoms with E-state index in [4.69, 9.17) is 23.2 Å². The fourth-order valence-corrected chi connectivity index (χ4v) is 4.51. The van der Waals surface area contributed by atoms with Gasteiger partial charge in [0.05, 0.1) is 15.6 Å². The highest BCUT2D eigenvalue weighted by molar-refractivity contribution is 6.42. The first kappa shape index (κ1) is 21.9. The van der Waals surface area contributed by atoms with Gasteiger partial charge in [0.2, 0.25) is 0 Å². The summed E-state index contributed by atoms with van der Waals surface area (Å²) in [7, 11) is 0. The summed E-state index contributed by atoms with van der Waals surface area (Å²) in [5.41, 5.74) is 2.83. The molecule has 2 aliphatic rings. The summed E-state index contributed by atoms with van der Waals surface area (Å²) >= 11 is 12.2. The van der Waals surface area contributed by atoms with E-state index < -0.39 is 5.60 Å². The minimum atomic E-state index is -0.560. The third kappa shape index (κ3) is 4.67. The molecule has 0 bridgehead atoms. The van der Waals surface area contributed by atoms with E-state index in [-0.39, 0.29) is 18.3 Å². The Morgan fingerprint density at radius 2 is 1.61 bits per heavy atom. The maximum Gasteiger partial charge on any atom is 0.0728 e. The van der Waals surface area contributed by atoms with Crippen LogP contribution < -0.4 is 5.32 Å². The molecule has 0 spiro atoms. The monoisotopic (exact) mass is 440 g/mol. The molecule has 1 unspecified atom stereocenters. The molecule has 1 aliphatic carbocycles. The molecule has 2 N–H and O–H groups in total. The van der Waals surface area contributed by atoms with Crippen LogP contribution in [0.4, 0.5) is 0 Å². The van der Waals surface area contributed by atoms with Gasteiger partial charge < -0.3 is 15.3 Å². The van der Waals surface area contributed by atoms with E-state index in [0.29, 0.717) is 10.0 Å². The number of hydrogen-bond acceptors (Lipinski definition) is 3. The highest BCUT2D eigenvalue weighted by Gasteiger charge is 2.43. The first-order valence-electron chi connectivity index (χ1n) is 9.76. The lowest BCUT2D eigenvalue weighted by atomic mass is 9.68. The van der Waals surface area contributed by atoms with Crippen molar-refractivity contribution in [1.29, 1.82) is 0 Å². The fourth-order valence-electron chi connectivity index (χ4n) is 4.21. The summed E-state index contributed by atoms with van der Waals surface area (Å²) in [5, 5.41) is 15.7. The van der Waals surface area contributed by atoms with Crippen LogP contribution in [0.25, 0.3) is 11.1 Å². The Balaban J connectivity index is 0.00000225. The Bertz CT molecular complexity index is 787. The molecule has 2 aromatic carbocycles. The van der Waals surface area contributed by atoms with Crippen molar-refractivity contribution in [2.75, 3.05) is 32.7 Å². The zero-order valence-electron chi connectivity index (χ0n) is 15.8. The molecule has 2 aromatic rings. The molecular formula is C22H27Cl3N2O. The molecule has 6 heteroatoms. The average Bonchev–Trinajstić information content (AvgIpc) is 2.67. The normalized spacial score (nSPS) is 20.1. The largest absolute Gasteiger partial charge is 0.389 e. The van der Waals surface area contributed by atoms with Crippen molar-refractivity contribution in [1.82, 2.24) is 10.2 Å². The van der Waals surface area contributed by atoms with Crippen LogP contribution in [-0.4, -0.2) is 48.3 Å². The second-order valence-electron chi connectivity index (χ2n) is 7.81. The van der Waals surface area contributed by atoms with E-state index in [1.54, 1.807) is 0 Å². The fraction of sp³-hybridized carbons (Fsp3) is 0.455. The number of rotatable bonds is 5. The van der Waals surface area contributed by atoms with Gasteiger partial charge >= 0.3 is 0 Å². The molecule has 2 fully saturated rings. The van der Waals surface area contributed by atoms with Crippen molar-refractivity contribution < 1.29 is 5.11 Å². The van der Waals surface area contributed by atoms with E-state index >= 15 is 0 Å². The van der Waals surface area contributed by atoms with Gasteiger partial charge in [-0.1, -0.05) is 53.5 Å². The van der Waals surface area contributed by atoms with Gasteiger partial charge in [0, 0.05) is 38.6 Å². The van der Waals surface area contributed by atoms with E-state index in [1.807, 2.05) is 18.2 Å². The predicted octanol–water partition coefficient (Wildman–Crippen LogP) is 4.99. The Kier molecular flexibility index (Phi) is 7.30. The van der Waals surface area contributed by atoms with Crippen LogP contribution in [0.15, 0.2) is 42.5 Å². The zero-order chi connectivity index (χ0) is 18.9. The summed E-state index contributed by atoms with van der Waals surface area (Å²) in [6.45, 7) is 5.08. The second-order valence-corrected chi connectivity index (χ2v) is 8.63. The van der Waals surface area contributed by atoms with Gasteiger partial charge in [-0.3, -0.25) is 0 Å². The van der Waals surface area contributed by atoms with E-state index in [0.717, 1.165) is 63.1 Å². The number of hydrogen-bond donors (Lipinski definition) is 2. The molecule has 152 valence electrons. The highest BCUT2D eigenvalue weighted by Crippen LogP contribution is 2.44. The maximum atomic E-state index is 11.1. The van der Waals surface area contributed by atoms with Gasteiger partial charge in [-0.15, -0.1) is 12.4 Å². The summed E-state index contributed by atoms with van der Waals surface area (Å²) in [5.74, 6) is 0.159. The lowest BCUT2D eigenvalue weighted by Crippen LogP contribution is -2.51. The summed E-state index contributed by atoms with van der Waals surface area (Å²) in [6.07, 6.45) is 2.92. The van der Waals surface area contributed by atoms with Crippen LogP contribution in [0.2, 0.25) is 10.0 Å². The first-order chi connectivity index (χ1) is 13.0. The van der Waals surface area contributed by atoms with Crippen molar-refractivity contribution in [3.05, 3.63) is 58.1 Å². The average molecular weight is 442 g/mol. The van der Waals surface area contributed by atoms with Crippen molar-refractivity contribution in [3.63, 3.8) is 0 Å². The van der Waals surface area contributed by atoms with E-state index in [2.05, 4.69) is 34.5 Å². The highest BCUT2D eigenvalue weighted by atomic mass is 35.5.